The summed E-state index contributed by atoms with van der Waals surface area (Å²) < 4.78 is 31.6. The standard InChI is InChI=1S/C20H23ClN2O5S/c1-23-12-10-20(11-13-23,19(24)22-25)14-29(26,27)18-8-6-17(7-9-18)28-16-4-2-15(21)3-5-16/h2-9,25H,10-14H2,1H3,(H,22,24). The zero-order valence-corrected chi connectivity index (χ0v) is 17.5. The van der Waals surface area contributed by atoms with Crippen molar-refractivity contribution < 1.29 is 23.2 Å². The largest absolute Gasteiger partial charge is 0.457 e. The lowest BCUT2D eigenvalue weighted by molar-refractivity contribution is -0.141. The zero-order valence-electron chi connectivity index (χ0n) is 16.0. The highest BCUT2D eigenvalue weighted by atomic mass is 35.5. The highest BCUT2D eigenvalue weighted by Gasteiger charge is 2.44. The SMILES string of the molecule is CN1CCC(CS(=O)(=O)c2ccc(Oc3ccc(Cl)cc3)cc2)(C(=O)NO)CC1. The Morgan fingerprint density at radius 2 is 1.62 bits per heavy atom. The van der Waals surface area contributed by atoms with E-state index in [1.54, 1.807) is 41.9 Å². The summed E-state index contributed by atoms with van der Waals surface area (Å²) in [6.45, 7) is 1.16. The number of likely N-dealkylation sites (tertiary alicyclic amines) is 1. The fourth-order valence-electron chi connectivity index (χ4n) is 3.40. The van der Waals surface area contributed by atoms with E-state index in [-0.39, 0.29) is 10.6 Å². The maximum Gasteiger partial charge on any atom is 0.250 e. The van der Waals surface area contributed by atoms with Crippen LogP contribution < -0.4 is 10.2 Å². The van der Waals surface area contributed by atoms with Gasteiger partial charge in [0.15, 0.2) is 9.84 Å². The molecule has 1 amide bonds. The number of nitrogens with one attached hydrogen (secondary N) is 1. The predicted octanol–water partition coefficient (Wildman–Crippen LogP) is 3.12. The summed E-state index contributed by atoms with van der Waals surface area (Å²) in [5.74, 6) is 0.0394. The smallest absolute Gasteiger partial charge is 0.250 e. The molecule has 7 nitrogen and oxygen atoms in total. The van der Waals surface area contributed by atoms with E-state index in [2.05, 4.69) is 0 Å². The molecule has 1 aliphatic rings. The van der Waals surface area contributed by atoms with Crippen molar-refractivity contribution in [3.8, 4) is 11.5 Å². The summed E-state index contributed by atoms with van der Waals surface area (Å²) >= 11 is 5.85. The van der Waals surface area contributed by atoms with Gasteiger partial charge < -0.3 is 9.64 Å². The zero-order chi connectivity index (χ0) is 21.1. The molecule has 1 aliphatic heterocycles. The van der Waals surface area contributed by atoms with Crippen molar-refractivity contribution in [1.82, 2.24) is 10.4 Å². The maximum absolute atomic E-state index is 13.0. The summed E-state index contributed by atoms with van der Waals surface area (Å²) in [4.78, 5) is 14.4. The molecule has 1 saturated heterocycles. The molecular weight excluding hydrogens is 416 g/mol. The van der Waals surface area contributed by atoms with Gasteiger partial charge in [-0.2, -0.15) is 0 Å². The fourth-order valence-corrected chi connectivity index (χ4v) is 5.39. The maximum atomic E-state index is 13.0. The number of ether oxygens (including phenoxy) is 1. The lowest BCUT2D eigenvalue weighted by Gasteiger charge is -2.38. The van der Waals surface area contributed by atoms with Crippen molar-refractivity contribution in [2.45, 2.75) is 17.7 Å². The van der Waals surface area contributed by atoms with Crippen LogP contribution in [0.4, 0.5) is 0 Å². The summed E-state index contributed by atoms with van der Waals surface area (Å²) in [7, 11) is -1.84. The molecule has 3 rings (SSSR count). The molecule has 0 aliphatic carbocycles. The number of benzene rings is 2. The number of carbonyl (C=O) groups is 1. The van der Waals surface area contributed by atoms with Crippen LogP contribution in [0.1, 0.15) is 12.8 Å². The summed E-state index contributed by atoms with van der Waals surface area (Å²) in [5.41, 5.74) is 0.499. The van der Waals surface area contributed by atoms with E-state index in [4.69, 9.17) is 21.5 Å². The first-order valence-corrected chi connectivity index (χ1v) is 11.2. The molecule has 29 heavy (non-hydrogen) atoms. The van der Waals surface area contributed by atoms with Gasteiger partial charge in [-0.15, -0.1) is 0 Å². The van der Waals surface area contributed by atoms with Crippen LogP contribution in [0.25, 0.3) is 0 Å². The second kappa shape index (κ2) is 8.71. The number of hydrogen-bond donors (Lipinski definition) is 2. The third-order valence-corrected chi connectivity index (χ3v) is 7.40. The Kier molecular flexibility index (Phi) is 6.48. The monoisotopic (exact) mass is 438 g/mol. The number of hydroxylamine groups is 1. The molecule has 2 aromatic carbocycles. The minimum absolute atomic E-state index is 0.102. The molecule has 156 valence electrons. The van der Waals surface area contributed by atoms with Gasteiger partial charge >= 0.3 is 0 Å². The van der Waals surface area contributed by atoms with Crippen molar-refractivity contribution in [1.29, 1.82) is 0 Å². The second-order valence-electron chi connectivity index (χ2n) is 7.31. The molecule has 0 spiro atoms. The van der Waals surface area contributed by atoms with Gasteiger partial charge in [0.25, 0.3) is 5.91 Å². The number of carbonyl (C=O) groups excluding carboxylic acids is 1. The normalized spacial score (nSPS) is 16.9. The topological polar surface area (TPSA) is 95.9 Å². The number of nitrogens with zero attached hydrogens (tertiary/aromatic N) is 1. The number of amides is 1. The van der Waals surface area contributed by atoms with Crippen LogP contribution in [-0.4, -0.2) is 50.3 Å². The van der Waals surface area contributed by atoms with Crippen LogP contribution >= 0.6 is 11.6 Å². The van der Waals surface area contributed by atoms with Crippen LogP contribution in [0.5, 0.6) is 11.5 Å². The molecule has 1 fully saturated rings. The van der Waals surface area contributed by atoms with Crippen molar-refractivity contribution in [2.24, 2.45) is 5.41 Å². The van der Waals surface area contributed by atoms with E-state index in [1.807, 2.05) is 11.9 Å². The lowest BCUT2D eigenvalue weighted by atomic mass is 9.79. The molecule has 2 N–H and O–H groups in total. The molecule has 0 bridgehead atoms. The van der Waals surface area contributed by atoms with Crippen LogP contribution in [0, 0.1) is 5.41 Å². The van der Waals surface area contributed by atoms with Crippen molar-refractivity contribution in [3.63, 3.8) is 0 Å². The van der Waals surface area contributed by atoms with E-state index >= 15 is 0 Å². The number of rotatable bonds is 6. The highest BCUT2D eigenvalue weighted by molar-refractivity contribution is 7.91. The molecule has 9 heteroatoms. The fraction of sp³-hybridized carbons (Fsp3) is 0.350. The van der Waals surface area contributed by atoms with Gasteiger partial charge in [0.1, 0.15) is 11.5 Å². The molecule has 0 saturated carbocycles. The molecule has 0 atom stereocenters. The Morgan fingerprint density at radius 3 is 2.14 bits per heavy atom. The first-order valence-electron chi connectivity index (χ1n) is 9.13. The summed E-state index contributed by atoms with van der Waals surface area (Å²) in [5, 5.41) is 9.74. The van der Waals surface area contributed by atoms with Crippen molar-refractivity contribution >= 4 is 27.3 Å². The molecule has 0 aromatic heterocycles. The van der Waals surface area contributed by atoms with E-state index < -0.39 is 21.2 Å². The van der Waals surface area contributed by atoms with E-state index in [1.165, 1.54) is 12.1 Å². The van der Waals surface area contributed by atoms with Gasteiger partial charge in [0.05, 0.1) is 16.1 Å². The van der Waals surface area contributed by atoms with E-state index in [0.29, 0.717) is 42.5 Å². The first-order chi connectivity index (χ1) is 13.7. The average molecular weight is 439 g/mol. The Balaban J connectivity index is 1.77. The molecule has 2 aromatic rings. The summed E-state index contributed by atoms with van der Waals surface area (Å²) in [6.07, 6.45) is 0.708. The molecule has 0 radical (unpaired) electrons. The Bertz CT molecular complexity index is 953. The van der Waals surface area contributed by atoms with Crippen LogP contribution in [0.15, 0.2) is 53.4 Å². The molecule has 0 unspecified atom stereocenters. The van der Waals surface area contributed by atoms with Gasteiger partial charge in [-0.3, -0.25) is 10.0 Å². The lowest BCUT2D eigenvalue weighted by Crippen LogP contribution is -2.50. The minimum Gasteiger partial charge on any atom is -0.457 e. The van der Waals surface area contributed by atoms with Gasteiger partial charge in [-0.05, 0) is 81.5 Å². The van der Waals surface area contributed by atoms with Crippen LogP contribution in [0.3, 0.4) is 0 Å². The van der Waals surface area contributed by atoms with Crippen LogP contribution in [0.2, 0.25) is 5.02 Å². The van der Waals surface area contributed by atoms with E-state index in [9.17, 15) is 13.2 Å². The third kappa shape index (κ3) is 5.08. The Hall–Kier alpha value is -2.13. The number of sulfone groups is 1. The van der Waals surface area contributed by atoms with Gasteiger partial charge in [0, 0.05) is 5.02 Å². The van der Waals surface area contributed by atoms with Crippen molar-refractivity contribution in [3.05, 3.63) is 53.6 Å². The number of piperidine rings is 1. The molecular formula is C20H23ClN2O5S. The van der Waals surface area contributed by atoms with E-state index in [0.717, 1.165) is 0 Å². The van der Waals surface area contributed by atoms with Crippen LogP contribution in [-0.2, 0) is 14.6 Å². The van der Waals surface area contributed by atoms with Gasteiger partial charge in [-0.25, -0.2) is 13.9 Å². The Labute approximate surface area is 175 Å². The Morgan fingerprint density at radius 1 is 1.10 bits per heavy atom. The average Bonchev–Trinajstić information content (AvgIpc) is 2.71. The number of hydrogen-bond acceptors (Lipinski definition) is 6. The first kappa shape index (κ1) is 21.6. The summed E-state index contributed by atoms with van der Waals surface area (Å²) in [6, 6.07) is 12.9. The van der Waals surface area contributed by atoms with Crippen molar-refractivity contribution in [2.75, 3.05) is 25.9 Å². The van der Waals surface area contributed by atoms with Gasteiger partial charge in [-0.1, -0.05) is 11.6 Å². The molecule has 1 heterocycles. The number of halogens is 1. The third-order valence-electron chi connectivity index (χ3n) is 5.23. The van der Waals surface area contributed by atoms with Gasteiger partial charge in [0.2, 0.25) is 0 Å². The quantitative estimate of drug-likeness (QED) is 0.531. The highest BCUT2D eigenvalue weighted by Crippen LogP contribution is 2.35. The second-order valence-corrected chi connectivity index (χ2v) is 9.74. The minimum atomic E-state index is -3.75. The predicted molar refractivity (Wildman–Crippen MR) is 109 cm³/mol.